The average molecular weight is 429 g/mol. The molecule has 0 aliphatic rings. The van der Waals surface area contributed by atoms with Crippen molar-refractivity contribution >= 4 is 46.6 Å². The molecule has 0 radical (unpaired) electrons. The van der Waals surface area contributed by atoms with Gasteiger partial charge >= 0.3 is 12.1 Å². The van der Waals surface area contributed by atoms with Gasteiger partial charge in [0, 0.05) is 24.8 Å². The fraction of sp³-hybridized carbons (Fsp3) is 0.222. The summed E-state index contributed by atoms with van der Waals surface area (Å²) < 4.78 is 0. The highest BCUT2D eigenvalue weighted by Crippen LogP contribution is 2.20. The maximum Gasteiger partial charge on any atom is 0.345 e. The number of benzene rings is 2. The number of nitrogens with one attached hydrogen (secondary N) is 2. The third-order valence-electron chi connectivity index (χ3n) is 3.33. The molecule has 2 rings (SSSR count). The molecule has 0 saturated heterocycles. The van der Waals surface area contributed by atoms with Gasteiger partial charge in [0.2, 0.25) is 0 Å². The number of carbonyl (C=O) groups is 2. The molecule has 152 valence electrons. The zero-order chi connectivity index (χ0) is 21.1. The molecule has 4 amide bonds. The van der Waals surface area contributed by atoms with Crippen molar-refractivity contribution in [3.05, 3.63) is 58.6 Å². The Morgan fingerprint density at radius 3 is 1.82 bits per heavy atom. The molecule has 10 heteroatoms. The fourth-order valence-electron chi connectivity index (χ4n) is 1.66. The van der Waals surface area contributed by atoms with E-state index >= 15 is 0 Å². The van der Waals surface area contributed by atoms with E-state index in [2.05, 4.69) is 10.6 Å². The minimum Gasteiger partial charge on any atom is -0.306 e. The molecule has 0 unspecified atom stereocenters. The molecule has 8 nitrogen and oxygen atoms in total. The Morgan fingerprint density at radius 1 is 0.821 bits per heavy atom. The van der Waals surface area contributed by atoms with Gasteiger partial charge in [-0.05, 0) is 36.4 Å². The van der Waals surface area contributed by atoms with Gasteiger partial charge in [-0.25, -0.2) is 19.7 Å². The van der Waals surface area contributed by atoms with E-state index in [4.69, 9.17) is 32.9 Å². The Bertz CT molecular complexity index is 774. The standard InChI is InChI=1S/2C9H11ClN2O2/c1-12(14-2)9(13)11-8-5-3-7(10)4-6-8;1-12(14-2)9(13)11-8-6-4-3-5-7(8)10/h2*3-6H,1-2H3,(H,11,13). The summed E-state index contributed by atoms with van der Waals surface area (Å²) in [5.74, 6) is 0. The largest absolute Gasteiger partial charge is 0.345 e. The third-order valence-corrected chi connectivity index (χ3v) is 3.91. The molecule has 2 aromatic carbocycles. The van der Waals surface area contributed by atoms with Crippen LogP contribution in [0.2, 0.25) is 10.0 Å². The van der Waals surface area contributed by atoms with Gasteiger partial charge in [-0.2, -0.15) is 0 Å². The zero-order valence-corrected chi connectivity index (χ0v) is 17.4. The summed E-state index contributed by atoms with van der Waals surface area (Å²) in [6.45, 7) is 0. The van der Waals surface area contributed by atoms with E-state index in [9.17, 15) is 9.59 Å². The highest BCUT2D eigenvalue weighted by atomic mass is 35.5. The number of nitrogens with zero attached hydrogens (tertiary/aromatic N) is 2. The number of hydrogen-bond acceptors (Lipinski definition) is 4. The second-order valence-corrected chi connectivity index (χ2v) is 6.05. The van der Waals surface area contributed by atoms with Crippen molar-refractivity contribution in [3.8, 4) is 0 Å². The summed E-state index contributed by atoms with van der Waals surface area (Å²) >= 11 is 11.5. The van der Waals surface area contributed by atoms with E-state index in [0.717, 1.165) is 10.1 Å². The molecule has 0 bridgehead atoms. The molecule has 0 atom stereocenters. The Morgan fingerprint density at radius 2 is 1.32 bits per heavy atom. The van der Waals surface area contributed by atoms with Gasteiger partial charge in [-0.15, -0.1) is 0 Å². The Hall–Kier alpha value is -2.52. The molecular weight excluding hydrogens is 407 g/mol. The first-order valence-corrected chi connectivity index (χ1v) is 8.71. The lowest BCUT2D eigenvalue weighted by Crippen LogP contribution is -2.30. The molecule has 28 heavy (non-hydrogen) atoms. The van der Waals surface area contributed by atoms with Crippen molar-refractivity contribution in [2.45, 2.75) is 0 Å². The molecule has 2 aromatic rings. The second kappa shape index (κ2) is 12.0. The number of para-hydroxylation sites is 1. The number of hydroxylamine groups is 4. The van der Waals surface area contributed by atoms with Crippen LogP contribution in [0, 0.1) is 0 Å². The van der Waals surface area contributed by atoms with E-state index in [-0.39, 0.29) is 12.1 Å². The lowest BCUT2D eigenvalue weighted by atomic mass is 10.3. The van der Waals surface area contributed by atoms with Gasteiger partial charge in [0.25, 0.3) is 0 Å². The predicted molar refractivity (Wildman–Crippen MR) is 110 cm³/mol. The quantitative estimate of drug-likeness (QED) is 0.689. The normalized spacial score (nSPS) is 9.64. The first-order chi connectivity index (χ1) is 13.3. The number of carbonyl (C=O) groups excluding carboxylic acids is 2. The van der Waals surface area contributed by atoms with Crippen LogP contribution in [0.5, 0.6) is 0 Å². The van der Waals surface area contributed by atoms with Crippen LogP contribution >= 0.6 is 23.2 Å². The van der Waals surface area contributed by atoms with Gasteiger partial charge in [0.15, 0.2) is 0 Å². The van der Waals surface area contributed by atoms with Crippen LogP contribution in [-0.2, 0) is 9.68 Å². The highest BCUT2D eigenvalue weighted by Gasteiger charge is 2.09. The Kier molecular flexibility index (Phi) is 10.1. The summed E-state index contributed by atoms with van der Waals surface area (Å²) in [7, 11) is 5.85. The lowest BCUT2D eigenvalue weighted by Gasteiger charge is -2.15. The van der Waals surface area contributed by atoms with E-state index in [1.165, 1.54) is 28.3 Å². The molecule has 0 fully saturated rings. The SMILES string of the molecule is CON(C)C(=O)Nc1ccc(Cl)cc1.CON(C)C(=O)Nc1ccccc1Cl. The summed E-state index contributed by atoms with van der Waals surface area (Å²) in [6.07, 6.45) is 0. The first-order valence-electron chi connectivity index (χ1n) is 7.96. The van der Waals surface area contributed by atoms with Gasteiger partial charge < -0.3 is 10.6 Å². The Labute approximate surface area is 173 Å². The number of urea groups is 2. The number of halogens is 2. The van der Waals surface area contributed by atoms with Crippen molar-refractivity contribution in [3.63, 3.8) is 0 Å². The lowest BCUT2D eigenvalue weighted by molar-refractivity contribution is -0.0598. The van der Waals surface area contributed by atoms with Crippen molar-refractivity contribution in [1.29, 1.82) is 0 Å². The van der Waals surface area contributed by atoms with E-state index in [0.29, 0.717) is 21.4 Å². The average Bonchev–Trinajstić information content (AvgIpc) is 2.70. The number of hydrogen-bond donors (Lipinski definition) is 2. The maximum atomic E-state index is 11.3. The molecular formula is C18H22Cl2N4O4. The molecule has 0 aliphatic carbocycles. The number of rotatable bonds is 4. The van der Waals surface area contributed by atoms with Gasteiger partial charge in [-0.3, -0.25) is 9.68 Å². The van der Waals surface area contributed by atoms with Crippen LogP contribution in [0.1, 0.15) is 0 Å². The summed E-state index contributed by atoms with van der Waals surface area (Å²) in [6, 6.07) is 13.1. The second-order valence-electron chi connectivity index (χ2n) is 5.21. The van der Waals surface area contributed by atoms with Crippen molar-refractivity contribution in [2.75, 3.05) is 38.9 Å². The predicted octanol–water partition coefficient (Wildman–Crippen LogP) is 4.73. The summed E-state index contributed by atoms with van der Waals surface area (Å²) in [5.41, 5.74) is 1.23. The molecule has 0 saturated carbocycles. The maximum absolute atomic E-state index is 11.3. The topological polar surface area (TPSA) is 83.1 Å². The van der Waals surface area contributed by atoms with E-state index in [1.807, 2.05) is 0 Å². The smallest absolute Gasteiger partial charge is 0.306 e. The van der Waals surface area contributed by atoms with Crippen molar-refractivity contribution in [2.24, 2.45) is 0 Å². The van der Waals surface area contributed by atoms with E-state index < -0.39 is 0 Å². The minimum atomic E-state index is -0.374. The molecule has 0 spiro atoms. The van der Waals surface area contributed by atoms with Gasteiger partial charge in [0.05, 0.1) is 24.9 Å². The molecule has 0 aromatic heterocycles. The molecule has 2 N–H and O–H groups in total. The van der Waals surface area contributed by atoms with Crippen LogP contribution in [0.25, 0.3) is 0 Å². The van der Waals surface area contributed by atoms with Crippen LogP contribution in [0.3, 0.4) is 0 Å². The summed E-state index contributed by atoms with van der Waals surface area (Å²) in [4.78, 5) is 32.0. The van der Waals surface area contributed by atoms with Gasteiger partial charge in [0.1, 0.15) is 0 Å². The van der Waals surface area contributed by atoms with Crippen LogP contribution in [0.15, 0.2) is 48.5 Å². The first kappa shape index (κ1) is 23.5. The fourth-order valence-corrected chi connectivity index (χ4v) is 1.97. The van der Waals surface area contributed by atoms with Crippen LogP contribution in [-0.4, -0.2) is 50.5 Å². The van der Waals surface area contributed by atoms with Crippen LogP contribution in [0.4, 0.5) is 21.0 Å². The minimum absolute atomic E-state index is 0.338. The summed E-state index contributed by atoms with van der Waals surface area (Å²) in [5, 5.41) is 8.50. The van der Waals surface area contributed by atoms with Gasteiger partial charge in [-0.1, -0.05) is 35.3 Å². The van der Waals surface area contributed by atoms with Crippen molar-refractivity contribution in [1.82, 2.24) is 10.1 Å². The number of amides is 4. The monoisotopic (exact) mass is 428 g/mol. The van der Waals surface area contributed by atoms with Crippen molar-refractivity contribution < 1.29 is 19.3 Å². The molecule has 0 aliphatic heterocycles. The van der Waals surface area contributed by atoms with E-state index in [1.54, 1.807) is 48.5 Å². The zero-order valence-electron chi connectivity index (χ0n) is 15.9. The molecule has 0 heterocycles. The Balaban J connectivity index is 0.000000280. The highest BCUT2D eigenvalue weighted by molar-refractivity contribution is 6.33. The third kappa shape index (κ3) is 8.01. The van der Waals surface area contributed by atoms with Crippen LogP contribution < -0.4 is 10.6 Å². The number of anilines is 2.